The maximum Gasteiger partial charge on any atom is 0.143 e. The smallest absolute Gasteiger partial charge is 0.143 e. The van der Waals surface area contributed by atoms with Gasteiger partial charge in [-0.1, -0.05) is 32.4 Å². The van der Waals surface area contributed by atoms with Crippen LogP contribution in [0.3, 0.4) is 0 Å². The van der Waals surface area contributed by atoms with Crippen LogP contribution in [-0.2, 0) is 17.9 Å². The Morgan fingerprint density at radius 1 is 1.05 bits per heavy atom. The lowest BCUT2D eigenvalue weighted by atomic mass is 9.90. The van der Waals surface area contributed by atoms with E-state index in [0.29, 0.717) is 0 Å². The van der Waals surface area contributed by atoms with Crippen LogP contribution >= 0.6 is 22.9 Å². The van der Waals surface area contributed by atoms with E-state index in [1.807, 2.05) is 13.1 Å². The van der Waals surface area contributed by atoms with Gasteiger partial charge in [0, 0.05) is 17.3 Å². The quantitative estimate of drug-likeness (QED) is 0.833. The highest BCUT2D eigenvalue weighted by Gasteiger charge is 2.33. The third-order valence-corrected chi connectivity index (χ3v) is 4.85. The van der Waals surface area contributed by atoms with Crippen molar-refractivity contribution >= 4 is 22.9 Å². The number of aromatic nitrogens is 3. The lowest BCUT2D eigenvalue weighted by molar-refractivity contribution is 0.502. The first-order valence-electron chi connectivity index (χ1n) is 6.30. The minimum atomic E-state index is -0.191. The molecule has 0 radical (unpaired) electrons. The van der Waals surface area contributed by atoms with Gasteiger partial charge in [-0.15, -0.1) is 21.5 Å². The monoisotopic (exact) mass is 297 g/mol. The van der Waals surface area contributed by atoms with E-state index in [1.165, 1.54) is 4.88 Å². The molecule has 0 spiro atoms. The highest BCUT2D eigenvalue weighted by Crippen LogP contribution is 2.37. The summed E-state index contributed by atoms with van der Waals surface area (Å²) in [5.41, 5.74) is -0.202. The van der Waals surface area contributed by atoms with Crippen molar-refractivity contribution < 1.29 is 0 Å². The van der Waals surface area contributed by atoms with E-state index in [4.69, 9.17) is 11.6 Å². The van der Waals surface area contributed by atoms with E-state index in [0.717, 1.165) is 16.0 Å². The molecule has 0 aromatic carbocycles. The standard InChI is InChI=1S/C14H20ClN3S/c1-13(2,3)11-16-17-12(18(11)6)14(4,5)9-7-8-10(15)19-9/h7-8H,1-6H3. The zero-order valence-electron chi connectivity index (χ0n) is 12.3. The van der Waals surface area contributed by atoms with Gasteiger partial charge in [-0.25, -0.2) is 0 Å². The molecule has 2 rings (SSSR count). The van der Waals surface area contributed by atoms with Crippen molar-refractivity contribution in [3.8, 4) is 0 Å². The van der Waals surface area contributed by atoms with Crippen LogP contribution in [0.25, 0.3) is 0 Å². The molecule has 0 aliphatic rings. The Kier molecular flexibility index (Phi) is 3.52. The van der Waals surface area contributed by atoms with Gasteiger partial charge in [-0.3, -0.25) is 0 Å². The fourth-order valence-electron chi connectivity index (χ4n) is 2.29. The molecule has 0 aliphatic carbocycles. The minimum absolute atomic E-state index is 0.0107. The molecule has 2 aromatic heterocycles. The third kappa shape index (κ3) is 2.56. The van der Waals surface area contributed by atoms with Crippen molar-refractivity contribution in [3.63, 3.8) is 0 Å². The van der Waals surface area contributed by atoms with Gasteiger partial charge in [-0.05, 0) is 26.0 Å². The van der Waals surface area contributed by atoms with Crippen molar-refractivity contribution in [2.45, 2.75) is 45.4 Å². The highest BCUT2D eigenvalue weighted by atomic mass is 35.5. The van der Waals surface area contributed by atoms with E-state index < -0.39 is 0 Å². The van der Waals surface area contributed by atoms with Crippen molar-refractivity contribution in [1.29, 1.82) is 0 Å². The first-order valence-corrected chi connectivity index (χ1v) is 7.49. The average Bonchev–Trinajstić information content (AvgIpc) is 2.83. The number of thiophene rings is 1. The number of rotatable bonds is 2. The Labute approximate surface area is 123 Å². The summed E-state index contributed by atoms with van der Waals surface area (Å²) in [7, 11) is 2.03. The van der Waals surface area contributed by atoms with Crippen molar-refractivity contribution in [1.82, 2.24) is 14.8 Å². The summed E-state index contributed by atoms with van der Waals surface area (Å²) < 4.78 is 2.91. The summed E-state index contributed by atoms with van der Waals surface area (Å²) in [6.45, 7) is 10.8. The number of nitrogens with zero attached hydrogens (tertiary/aromatic N) is 3. The molecule has 0 saturated carbocycles. The molecule has 0 unspecified atom stereocenters. The van der Waals surface area contributed by atoms with Crippen molar-refractivity contribution in [2.75, 3.05) is 0 Å². The Bertz CT molecular complexity index is 590. The SMILES string of the molecule is Cn1c(C(C)(C)C)nnc1C(C)(C)c1ccc(Cl)s1. The van der Waals surface area contributed by atoms with Gasteiger partial charge in [0.2, 0.25) is 0 Å². The fourth-order valence-corrected chi connectivity index (χ4v) is 3.43. The Balaban J connectivity index is 2.50. The summed E-state index contributed by atoms with van der Waals surface area (Å²) in [6.07, 6.45) is 0. The predicted molar refractivity (Wildman–Crippen MR) is 81.2 cm³/mol. The van der Waals surface area contributed by atoms with E-state index in [1.54, 1.807) is 11.3 Å². The van der Waals surface area contributed by atoms with Crippen molar-refractivity contribution in [3.05, 3.63) is 33.0 Å². The molecule has 0 bridgehead atoms. The summed E-state index contributed by atoms with van der Waals surface area (Å²) in [4.78, 5) is 1.20. The van der Waals surface area contributed by atoms with Gasteiger partial charge in [0.1, 0.15) is 11.6 Å². The molecule has 0 amide bonds. The van der Waals surface area contributed by atoms with Gasteiger partial charge in [0.05, 0.1) is 9.75 Å². The van der Waals surface area contributed by atoms with Crippen LogP contribution in [-0.4, -0.2) is 14.8 Å². The average molecular weight is 298 g/mol. The van der Waals surface area contributed by atoms with E-state index in [9.17, 15) is 0 Å². The summed E-state index contributed by atoms with van der Waals surface area (Å²) in [5, 5.41) is 8.79. The van der Waals surface area contributed by atoms with E-state index >= 15 is 0 Å². The molecule has 19 heavy (non-hydrogen) atoms. The van der Waals surface area contributed by atoms with Crippen LogP contribution in [0.2, 0.25) is 4.34 Å². The first kappa shape index (κ1) is 14.5. The summed E-state index contributed by atoms with van der Waals surface area (Å²) >= 11 is 7.65. The Morgan fingerprint density at radius 3 is 2.05 bits per heavy atom. The molecule has 2 heterocycles. The molecule has 0 saturated heterocycles. The summed E-state index contributed by atoms with van der Waals surface area (Å²) in [5.74, 6) is 1.97. The highest BCUT2D eigenvalue weighted by molar-refractivity contribution is 7.16. The Hall–Kier alpha value is -0.870. The second kappa shape index (κ2) is 4.60. The van der Waals surface area contributed by atoms with Gasteiger partial charge >= 0.3 is 0 Å². The molecule has 0 atom stereocenters. The molecule has 3 nitrogen and oxygen atoms in total. The molecular weight excluding hydrogens is 278 g/mol. The lowest BCUT2D eigenvalue weighted by Gasteiger charge is -2.24. The van der Waals surface area contributed by atoms with Gasteiger partial charge < -0.3 is 4.57 Å². The van der Waals surface area contributed by atoms with Crippen LogP contribution in [0.15, 0.2) is 12.1 Å². The predicted octanol–water partition coefficient (Wildman–Crippen LogP) is 4.15. The number of halogens is 1. The van der Waals surface area contributed by atoms with Gasteiger partial charge in [-0.2, -0.15) is 0 Å². The van der Waals surface area contributed by atoms with Crippen LogP contribution in [0.1, 0.15) is 51.1 Å². The van der Waals surface area contributed by atoms with E-state index in [2.05, 4.69) is 55.4 Å². The summed E-state index contributed by atoms with van der Waals surface area (Å²) in [6, 6.07) is 4.00. The molecular formula is C14H20ClN3S. The topological polar surface area (TPSA) is 30.7 Å². The number of hydrogen-bond donors (Lipinski definition) is 0. The van der Waals surface area contributed by atoms with Crippen LogP contribution in [0.4, 0.5) is 0 Å². The molecule has 0 N–H and O–H groups in total. The normalized spacial score (nSPS) is 13.0. The third-order valence-electron chi connectivity index (χ3n) is 3.29. The second-order valence-electron chi connectivity index (χ2n) is 6.38. The van der Waals surface area contributed by atoms with Crippen LogP contribution in [0, 0.1) is 0 Å². The van der Waals surface area contributed by atoms with Crippen molar-refractivity contribution in [2.24, 2.45) is 7.05 Å². The maximum atomic E-state index is 6.05. The number of hydrogen-bond acceptors (Lipinski definition) is 3. The largest absolute Gasteiger partial charge is 0.317 e. The van der Waals surface area contributed by atoms with Crippen LogP contribution < -0.4 is 0 Å². The lowest BCUT2D eigenvalue weighted by Crippen LogP contribution is -2.25. The molecule has 2 aromatic rings. The van der Waals surface area contributed by atoms with E-state index in [-0.39, 0.29) is 10.8 Å². The van der Waals surface area contributed by atoms with Crippen LogP contribution in [0.5, 0.6) is 0 Å². The zero-order valence-corrected chi connectivity index (χ0v) is 13.9. The molecule has 5 heteroatoms. The first-order chi connectivity index (χ1) is 8.64. The maximum absolute atomic E-state index is 6.05. The molecule has 0 fully saturated rings. The molecule has 104 valence electrons. The Morgan fingerprint density at radius 2 is 1.63 bits per heavy atom. The minimum Gasteiger partial charge on any atom is -0.317 e. The fraction of sp³-hybridized carbons (Fsp3) is 0.571. The molecule has 0 aliphatic heterocycles. The zero-order chi connectivity index (χ0) is 14.4. The van der Waals surface area contributed by atoms with Gasteiger partial charge in [0.15, 0.2) is 0 Å². The van der Waals surface area contributed by atoms with Gasteiger partial charge in [0.25, 0.3) is 0 Å². The second-order valence-corrected chi connectivity index (χ2v) is 8.10.